The summed E-state index contributed by atoms with van der Waals surface area (Å²) >= 11 is 6.15. The molecule has 1 amide bonds. The van der Waals surface area contributed by atoms with Crippen LogP contribution in [0.3, 0.4) is 0 Å². The fourth-order valence-electron chi connectivity index (χ4n) is 3.99. The average Bonchev–Trinajstić information content (AvgIpc) is 3.15. The molecule has 35 heavy (non-hydrogen) atoms. The Morgan fingerprint density at radius 1 is 0.886 bits per heavy atom. The maximum absolute atomic E-state index is 13.3. The van der Waals surface area contributed by atoms with Crippen LogP contribution >= 0.6 is 11.6 Å². The van der Waals surface area contributed by atoms with Crippen molar-refractivity contribution in [1.29, 1.82) is 0 Å². The summed E-state index contributed by atoms with van der Waals surface area (Å²) in [6, 6.07) is 14.6. The summed E-state index contributed by atoms with van der Waals surface area (Å²) in [5.41, 5.74) is 0.948. The summed E-state index contributed by atoms with van der Waals surface area (Å²) < 4.78 is 15.7. The number of aliphatic hydroxyl groups excluding tert-OH is 1. The van der Waals surface area contributed by atoms with Crippen molar-refractivity contribution in [2.45, 2.75) is 6.04 Å². The molecule has 4 rings (SSSR count). The first-order valence-corrected chi connectivity index (χ1v) is 10.8. The number of anilines is 1. The number of nitrogens with zero attached hydrogens (tertiary/aromatic N) is 1. The number of hydrogen-bond donors (Lipinski definition) is 2. The molecule has 1 aliphatic heterocycles. The molecule has 1 heterocycles. The van der Waals surface area contributed by atoms with Gasteiger partial charge in [-0.1, -0.05) is 17.7 Å². The summed E-state index contributed by atoms with van der Waals surface area (Å²) in [7, 11) is 4.44. The largest absolute Gasteiger partial charge is 0.507 e. The topological polar surface area (TPSA) is 106 Å². The molecule has 2 N–H and O–H groups in total. The summed E-state index contributed by atoms with van der Waals surface area (Å²) in [4.78, 5) is 27.8. The van der Waals surface area contributed by atoms with Gasteiger partial charge in [0.15, 0.2) is 11.5 Å². The zero-order valence-corrected chi connectivity index (χ0v) is 19.9. The number of Topliss-reactive ketones (excluding diaryl/α,β-unsaturated/α-hetero) is 1. The van der Waals surface area contributed by atoms with Crippen molar-refractivity contribution in [3.63, 3.8) is 0 Å². The predicted molar refractivity (Wildman–Crippen MR) is 130 cm³/mol. The summed E-state index contributed by atoms with van der Waals surface area (Å²) in [6.45, 7) is 0. The minimum Gasteiger partial charge on any atom is -0.507 e. The van der Waals surface area contributed by atoms with Crippen molar-refractivity contribution >= 4 is 34.7 Å². The Morgan fingerprint density at radius 2 is 1.57 bits per heavy atom. The van der Waals surface area contributed by atoms with Crippen LogP contribution in [-0.2, 0) is 9.59 Å². The second-order valence-corrected chi connectivity index (χ2v) is 8.05. The molecule has 3 aromatic rings. The summed E-state index contributed by atoms with van der Waals surface area (Å²) in [5, 5.41) is 21.2. The molecule has 1 aliphatic rings. The van der Waals surface area contributed by atoms with Crippen molar-refractivity contribution in [1.82, 2.24) is 0 Å². The molecular formula is C26H22ClNO7. The van der Waals surface area contributed by atoms with Crippen LogP contribution in [0.25, 0.3) is 5.76 Å². The average molecular weight is 496 g/mol. The van der Waals surface area contributed by atoms with Crippen LogP contribution in [0.1, 0.15) is 17.2 Å². The first kappa shape index (κ1) is 24.0. The molecule has 9 heteroatoms. The second kappa shape index (κ2) is 9.60. The van der Waals surface area contributed by atoms with Gasteiger partial charge in [0, 0.05) is 11.3 Å². The van der Waals surface area contributed by atoms with E-state index in [4.69, 9.17) is 25.8 Å². The first-order chi connectivity index (χ1) is 16.8. The minimum atomic E-state index is -1.02. The van der Waals surface area contributed by atoms with Crippen molar-refractivity contribution in [3.05, 3.63) is 82.4 Å². The van der Waals surface area contributed by atoms with E-state index in [-0.39, 0.29) is 21.9 Å². The fourth-order valence-corrected chi connectivity index (χ4v) is 4.18. The third kappa shape index (κ3) is 4.24. The van der Waals surface area contributed by atoms with E-state index in [9.17, 15) is 19.8 Å². The number of phenolic OH excluding ortho intramolecular Hbond substituents is 1. The van der Waals surface area contributed by atoms with Gasteiger partial charge in [0.2, 0.25) is 0 Å². The molecule has 1 fully saturated rings. The van der Waals surface area contributed by atoms with E-state index in [1.54, 1.807) is 36.4 Å². The molecule has 1 atom stereocenters. The molecule has 3 aromatic carbocycles. The fraction of sp³-hybridized carbons (Fsp3) is 0.154. The Balaban J connectivity index is 1.94. The maximum Gasteiger partial charge on any atom is 0.300 e. The number of carbonyl (C=O) groups excluding carboxylic acids is 2. The SMILES string of the molecule is COc1ccc(N2C(=O)C(=O)/C(=C(\O)c3ccc(OC)c(OC)c3)C2c2ccc(O)c(Cl)c2)cc1. The number of benzene rings is 3. The van der Waals surface area contributed by atoms with Crippen LogP contribution in [0, 0.1) is 0 Å². The highest BCUT2D eigenvalue weighted by atomic mass is 35.5. The zero-order valence-electron chi connectivity index (χ0n) is 19.1. The van der Waals surface area contributed by atoms with E-state index in [1.807, 2.05) is 0 Å². The number of rotatable bonds is 6. The number of methoxy groups -OCH3 is 3. The van der Waals surface area contributed by atoms with Crippen molar-refractivity contribution < 1.29 is 34.0 Å². The molecule has 0 aromatic heterocycles. The van der Waals surface area contributed by atoms with Gasteiger partial charge in [-0.2, -0.15) is 0 Å². The van der Waals surface area contributed by atoms with Crippen molar-refractivity contribution in [3.8, 4) is 23.0 Å². The molecule has 180 valence electrons. The highest BCUT2D eigenvalue weighted by molar-refractivity contribution is 6.51. The molecule has 0 spiro atoms. The number of amides is 1. The molecule has 0 saturated carbocycles. The van der Waals surface area contributed by atoms with Crippen molar-refractivity contribution in [2.24, 2.45) is 0 Å². The van der Waals surface area contributed by atoms with Crippen LogP contribution in [0.15, 0.2) is 66.2 Å². The number of ketones is 1. The number of aliphatic hydroxyl groups is 1. The Labute approximate surface area is 206 Å². The Kier molecular flexibility index (Phi) is 6.57. The number of aromatic hydroxyl groups is 1. The van der Waals surface area contributed by atoms with Crippen LogP contribution < -0.4 is 19.1 Å². The molecule has 0 bridgehead atoms. The third-order valence-electron chi connectivity index (χ3n) is 5.74. The van der Waals surface area contributed by atoms with E-state index in [1.165, 1.54) is 50.5 Å². The van der Waals surface area contributed by atoms with Gasteiger partial charge >= 0.3 is 0 Å². The van der Waals surface area contributed by atoms with Gasteiger partial charge in [0.05, 0.1) is 38.0 Å². The zero-order chi connectivity index (χ0) is 25.3. The lowest BCUT2D eigenvalue weighted by Crippen LogP contribution is -2.29. The smallest absolute Gasteiger partial charge is 0.300 e. The lowest BCUT2D eigenvalue weighted by atomic mass is 9.95. The number of carbonyl (C=O) groups is 2. The molecule has 8 nitrogen and oxygen atoms in total. The number of hydrogen-bond acceptors (Lipinski definition) is 7. The standard InChI is InChI=1S/C26H22ClNO7/c1-33-17-8-6-16(7-9-17)28-23(14-4-10-19(29)18(27)12-14)22(25(31)26(28)32)24(30)15-5-11-20(34-2)21(13-15)35-3/h4-13,23,29-30H,1-3H3/b24-22-. The lowest BCUT2D eigenvalue weighted by Gasteiger charge is -2.26. The molecule has 0 radical (unpaired) electrons. The Hall–Kier alpha value is -4.17. The van der Waals surface area contributed by atoms with Gasteiger partial charge in [-0.3, -0.25) is 14.5 Å². The van der Waals surface area contributed by atoms with E-state index in [2.05, 4.69) is 0 Å². The molecule has 0 aliphatic carbocycles. The summed E-state index contributed by atoms with van der Waals surface area (Å²) in [6.07, 6.45) is 0. The van der Waals surface area contributed by atoms with Gasteiger partial charge in [-0.05, 0) is 60.2 Å². The van der Waals surface area contributed by atoms with Gasteiger partial charge in [0.1, 0.15) is 17.3 Å². The normalized spacial score (nSPS) is 16.9. The monoisotopic (exact) mass is 495 g/mol. The quantitative estimate of drug-likeness (QED) is 0.290. The van der Waals surface area contributed by atoms with Crippen LogP contribution in [0.5, 0.6) is 23.0 Å². The van der Waals surface area contributed by atoms with Crippen LogP contribution in [0.4, 0.5) is 5.69 Å². The molecule has 1 saturated heterocycles. The minimum absolute atomic E-state index is 0.0361. The van der Waals surface area contributed by atoms with Gasteiger partial charge in [-0.15, -0.1) is 0 Å². The van der Waals surface area contributed by atoms with Gasteiger partial charge < -0.3 is 24.4 Å². The highest BCUT2D eigenvalue weighted by Crippen LogP contribution is 2.44. The van der Waals surface area contributed by atoms with E-state index in [0.717, 1.165) is 0 Å². The second-order valence-electron chi connectivity index (χ2n) is 7.65. The highest BCUT2D eigenvalue weighted by Gasteiger charge is 2.47. The third-order valence-corrected chi connectivity index (χ3v) is 6.04. The van der Waals surface area contributed by atoms with Crippen LogP contribution in [0.2, 0.25) is 5.02 Å². The van der Waals surface area contributed by atoms with Crippen molar-refractivity contribution in [2.75, 3.05) is 26.2 Å². The molecule has 1 unspecified atom stereocenters. The van der Waals surface area contributed by atoms with Crippen LogP contribution in [-0.4, -0.2) is 43.2 Å². The maximum atomic E-state index is 13.3. The molecular weight excluding hydrogens is 474 g/mol. The number of ether oxygens (including phenoxy) is 3. The number of halogens is 1. The predicted octanol–water partition coefficient (Wildman–Crippen LogP) is 4.70. The van der Waals surface area contributed by atoms with E-state index >= 15 is 0 Å². The number of phenols is 1. The first-order valence-electron chi connectivity index (χ1n) is 10.5. The van der Waals surface area contributed by atoms with E-state index in [0.29, 0.717) is 28.5 Å². The Morgan fingerprint density at radius 3 is 2.17 bits per heavy atom. The Bertz CT molecular complexity index is 1330. The van der Waals surface area contributed by atoms with E-state index < -0.39 is 23.5 Å². The van der Waals surface area contributed by atoms with Gasteiger partial charge in [0.25, 0.3) is 11.7 Å². The van der Waals surface area contributed by atoms with Gasteiger partial charge in [-0.25, -0.2) is 0 Å². The lowest BCUT2D eigenvalue weighted by molar-refractivity contribution is -0.132. The summed E-state index contributed by atoms with van der Waals surface area (Å²) in [5.74, 6) is -0.908.